The molecule has 1 N–H and O–H groups in total. The van der Waals surface area contributed by atoms with E-state index in [4.69, 9.17) is 0 Å². The largest absolute Gasteiger partial charge is 0.339 e. The van der Waals surface area contributed by atoms with E-state index in [9.17, 15) is 4.39 Å². The third-order valence-corrected chi connectivity index (χ3v) is 2.70. The van der Waals surface area contributed by atoms with E-state index in [-0.39, 0.29) is 5.82 Å². The Kier molecular flexibility index (Phi) is 3.14. The molecule has 0 fully saturated rings. The van der Waals surface area contributed by atoms with Crippen molar-refractivity contribution in [3.63, 3.8) is 0 Å². The molecule has 16 heavy (non-hydrogen) atoms. The number of aryl methyl sites for hydroxylation is 1. The predicted octanol–water partition coefficient (Wildman–Crippen LogP) is 3.43. The first-order valence-electron chi connectivity index (χ1n) is 4.65. The average Bonchev–Trinajstić information content (AvgIpc) is 2.27. The second kappa shape index (κ2) is 4.57. The predicted molar refractivity (Wildman–Crippen MR) is 64.2 cm³/mol. The SMILES string of the molecule is Cc1ccc(F)cc1Nc1ncncc1Br. The van der Waals surface area contributed by atoms with Crippen molar-refractivity contribution in [2.75, 3.05) is 5.32 Å². The molecule has 1 aromatic heterocycles. The van der Waals surface area contributed by atoms with Crippen LogP contribution in [0.4, 0.5) is 15.9 Å². The molecule has 2 rings (SSSR count). The molecule has 0 aliphatic carbocycles. The van der Waals surface area contributed by atoms with Gasteiger partial charge in [-0.2, -0.15) is 0 Å². The molecule has 2 aromatic rings. The molecule has 0 amide bonds. The first-order valence-corrected chi connectivity index (χ1v) is 5.45. The molecule has 5 heteroatoms. The van der Waals surface area contributed by atoms with Crippen LogP contribution in [0.5, 0.6) is 0 Å². The number of rotatable bonds is 2. The average molecular weight is 282 g/mol. The molecule has 0 saturated heterocycles. The summed E-state index contributed by atoms with van der Waals surface area (Å²) in [5, 5.41) is 3.04. The van der Waals surface area contributed by atoms with Crippen LogP contribution in [-0.4, -0.2) is 9.97 Å². The first-order chi connectivity index (χ1) is 7.66. The number of nitrogens with zero attached hydrogens (tertiary/aromatic N) is 2. The number of benzene rings is 1. The van der Waals surface area contributed by atoms with Crippen LogP contribution in [-0.2, 0) is 0 Å². The highest BCUT2D eigenvalue weighted by Gasteiger charge is 2.04. The van der Waals surface area contributed by atoms with Crippen molar-refractivity contribution < 1.29 is 4.39 Å². The zero-order valence-corrected chi connectivity index (χ0v) is 10.1. The molecule has 0 aliphatic heterocycles. The summed E-state index contributed by atoms with van der Waals surface area (Å²) in [5.74, 6) is 0.335. The van der Waals surface area contributed by atoms with E-state index in [1.165, 1.54) is 18.5 Å². The van der Waals surface area contributed by atoms with Crippen molar-refractivity contribution in [1.29, 1.82) is 0 Å². The smallest absolute Gasteiger partial charge is 0.148 e. The van der Waals surface area contributed by atoms with E-state index in [2.05, 4.69) is 31.2 Å². The van der Waals surface area contributed by atoms with E-state index in [1.54, 1.807) is 12.3 Å². The Bertz CT molecular complexity index is 516. The summed E-state index contributed by atoms with van der Waals surface area (Å²) < 4.78 is 13.8. The fourth-order valence-electron chi connectivity index (χ4n) is 1.26. The van der Waals surface area contributed by atoms with Gasteiger partial charge in [-0.3, -0.25) is 0 Å². The van der Waals surface area contributed by atoms with Gasteiger partial charge in [0.05, 0.1) is 4.47 Å². The van der Waals surface area contributed by atoms with Gasteiger partial charge in [0.25, 0.3) is 0 Å². The third kappa shape index (κ3) is 2.36. The summed E-state index contributed by atoms with van der Waals surface area (Å²) in [5.41, 5.74) is 1.64. The first kappa shape index (κ1) is 11.0. The van der Waals surface area contributed by atoms with Gasteiger partial charge >= 0.3 is 0 Å². The van der Waals surface area contributed by atoms with Gasteiger partial charge in [0, 0.05) is 11.9 Å². The molecule has 82 valence electrons. The lowest BCUT2D eigenvalue weighted by molar-refractivity contribution is 0.628. The van der Waals surface area contributed by atoms with Crippen LogP contribution in [0.3, 0.4) is 0 Å². The minimum Gasteiger partial charge on any atom is -0.339 e. The van der Waals surface area contributed by atoms with Crippen LogP contribution in [0.2, 0.25) is 0 Å². The van der Waals surface area contributed by atoms with Crippen molar-refractivity contribution in [2.24, 2.45) is 0 Å². The highest BCUT2D eigenvalue weighted by Crippen LogP contribution is 2.24. The van der Waals surface area contributed by atoms with Gasteiger partial charge in [0.1, 0.15) is 18.0 Å². The lowest BCUT2D eigenvalue weighted by atomic mass is 10.2. The summed E-state index contributed by atoms with van der Waals surface area (Å²) in [4.78, 5) is 7.91. The number of halogens is 2. The highest BCUT2D eigenvalue weighted by atomic mass is 79.9. The molecule has 0 atom stereocenters. The summed E-state index contributed by atoms with van der Waals surface area (Å²) >= 11 is 3.32. The van der Waals surface area contributed by atoms with E-state index >= 15 is 0 Å². The minimum absolute atomic E-state index is 0.279. The summed E-state index contributed by atoms with van der Waals surface area (Å²) in [6, 6.07) is 4.58. The van der Waals surface area contributed by atoms with Gasteiger partial charge < -0.3 is 5.32 Å². The minimum atomic E-state index is -0.279. The molecular formula is C11H9BrFN3. The Morgan fingerprint density at radius 1 is 1.38 bits per heavy atom. The summed E-state index contributed by atoms with van der Waals surface area (Å²) in [6.07, 6.45) is 3.06. The number of aromatic nitrogens is 2. The number of hydrogen-bond acceptors (Lipinski definition) is 3. The third-order valence-electron chi connectivity index (χ3n) is 2.12. The molecule has 1 aromatic carbocycles. The van der Waals surface area contributed by atoms with Crippen LogP contribution < -0.4 is 5.32 Å². The van der Waals surface area contributed by atoms with Crippen LogP contribution >= 0.6 is 15.9 Å². The Morgan fingerprint density at radius 3 is 2.94 bits per heavy atom. The molecule has 0 spiro atoms. The zero-order chi connectivity index (χ0) is 11.5. The molecule has 1 heterocycles. The van der Waals surface area contributed by atoms with Crippen LogP contribution in [0, 0.1) is 12.7 Å². The molecule has 3 nitrogen and oxygen atoms in total. The molecule has 0 bridgehead atoms. The van der Waals surface area contributed by atoms with Gasteiger partial charge in [-0.25, -0.2) is 14.4 Å². The topological polar surface area (TPSA) is 37.8 Å². The van der Waals surface area contributed by atoms with Crippen LogP contribution in [0.25, 0.3) is 0 Å². The van der Waals surface area contributed by atoms with Crippen molar-refractivity contribution in [2.45, 2.75) is 6.92 Å². The quantitative estimate of drug-likeness (QED) is 0.917. The maximum absolute atomic E-state index is 13.1. The Balaban J connectivity index is 2.34. The maximum atomic E-state index is 13.1. The second-order valence-electron chi connectivity index (χ2n) is 3.30. The van der Waals surface area contributed by atoms with Crippen LogP contribution in [0.15, 0.2) is 35.2 Å². The van der Waals surface area contributed by atoms with Gasteiger partial charge in [-0.1, -0.05) is 6.07 Å². The lowest BCUT2D eigenvalue weighted by Gasteiger charge is -2.09. The van der Waals surface area contributed by atoms with Crippen molar-refractivity contribution in [1.82, 2.24) is 9.97 Å². The summed E-state index contributed by atoms with van der Waals surface area (Å²) in [7, 11) is 0. The van der Waals surface area contributed by atoms with Gasteiger partial charge in [-0.15, -0.1) is 0 Å². The zero-order valence-electron chi connectivity index (χ0n) is 8.54. The van der Waals surface area contributed by atoms with Crippen LogP contribution in [0.1, 0.15) is 5.56 Å². The fourth-order valence-corrected chi connectivity index (χ4v) is 1.58. The number of anilines is 2. The Hall–Kier alpha value is -1.49. The van der Waals surface area contributed by atoms with E-state index < -0.39 is 0 Å². The van der Waals surface area contributed by atoms with Crippen molar-refractivity contribution >= 4 is 27.4 Å². The normalized spacial score (nSPS) is 10.2. The number of hydrogen-bond donors (Lipinski definition) is 1. The van der Waals surface area contributed by atoms with Gasteiger partial charge in [0.15, 0.2) is 0 Å². The monoisotopic (exact) mass is 281 g/mol. The Labute approximate surface area is 101 Å². The van der Waals surface area contributed by atoms with Gasteiger partial charge in [0.2, 0.25) is 0 Å². The molecule has 0 radical (unpaired) electrons. The number of nitrogens with one attached hydrogen (secondary N) is 1. The van der Waals surface area contributed by atoms with Crippen molar-refractivity contribution in [3.8, 4) is 0 Å². The standard InChI is InChI=1S/C11H9BrFN3/c1-7-2-3-8(13)4-10(7)16-11-9(12)5-14-6-15-11/h2-6H,1H3,(H,14,15,16). The molecule has 0 saturated carbocycles. The van der Waals surface area contributed by atoms with E-state index in [0.29, 0.717) is 11.5 Å². The maximum Gasteiger partial charge on any atom is 0.148 e. The second-order valence-corrected chi connectivity index (χ2v) is 4.16. The summed E-state index contributed by atoms with van der Waals surface area (Å²) in [6.45, 7) is 1.90. The highest BCUT2D eigenvalue weighted by molar-refractivity contribution is 9.10. The molecule has 0 aliphatic rings. The van der Waals surface area contributed by atoms with E-state index in [1.807, 2.05) is 6.92 Å². The van der Waals surface area contributed by atoms with E-state index in [0.717, 1.165) is 10.0 Å². The van der Waals surface area contributed by atoms with Gasteiger partial charge in [-0.05, 0) is 40.5 Å². The Morgan fingerprint density at radius 2 is 2.19 bits per heavy atom. The molecule has 0 unspecified atom stereocenters. The fraction of sp³-hybridized carbons (Fsp3) is 0.0909. The molecular weight excluding hydrogens is 273 g/mol. The lowest BCUT2D eigenvalue weighted by Crippen LogP contribution is -1.97. The van der Waals surface area contributed by atoms with Crippen molar-refractivity contribution in [3.05, 3.63) is 46.6 Å².